The SMILES string of the molecule is CCCCCCCCCCCCCCCCCCc1cccc(C=CC(=O)c2ccc(SC)cc2)c1. The first-order valence-corrected chi connectivity index (χ1v) is 15.9. The topological polar surface area (TPSA) is 17.1 Å². The number of allylic oxidation sites excluding steroid dienone is 1. The second kappa shape index (κ2) is 20.3. The predicted octanol–water partition coefficient (Wildman–Crippen LogP) is 11.1. The van der Waals surface area contributed by atoms with Crippen LogP contribution in [0.3, 0.4) is 0 Å². The van der Waals surface area contributed by atoms with E-state index in [-0.39, 0.29) is 5.78 Å². The normalized spacial score (nSPS) is 11.4. The lowest BCUT2D eigenvalue weighted by Gasteiger charge is -2.05. The van der Waals surface area contributed by atoms with Crippen molar-refractivity contribution < 1.29 is 4.79 Å². The summed E-state index contributed by atoms with van der Waals surface area (Å²) >= 11 is 1.69. The van der Waals surface area contributed by atoms with E-state index in [1.807, 2.05) is 36.6 Å². The molecule has 0 aliphatic rings. The Morgan fingerprint density at radius 2 is 1.22 bits per heavy atom. The van der Waals surface area contributed by atoms with Crippen molar-refractivity contribution in [2.75, 3.05) is 6.26 Å². The van der Waals surface area contributed by atoms with Crippen molar-refractivity contribution in [3.05, 3.63) is 71.3 Å². The first-order valence-electron chi connectivity index (χ1n) is 14.7. The maximum Gasteiger partial charge on any atom is 0.185 e. The van der Waals surface area contributed by atoms with Gasteiger partial charge in [-0.25, -0.2) is 0 Å². The number of hydrogen-bond acceptors (Lipinski definition) is 2. The van der Waals surface area contributed by atoms with Gasteiger partial charge in [-0.2, -0.15) is 0 Å². The zero-order valence-electron chi connectivity index (χ0n) is 23.1. The van der Waals surface area contributed by atoms with E-state index in [1.165, 1.54) is 113 Å². The van der Waals surface area contributed by atoms with E-state index in [0.29, 0.717) is 0 Å². The van der Waals surface area contributed by atoms with E-state index < -0.39 is 0 Å². The number of hydrogen-bond donors (Lipinski definition) is 0. The van der Waals surface area contributed by atoms with Gasteiger partial charge in [0.05, 0.1) is 0 Å². The van der Waals surface area contributed by atoms with Crippen LogP contribution in [0.1, 0.15) is 131 Å². The highest BCUT2D eigenvalue weighted by molar-refractivity contribution is 7.98. The average molecular weight is 507 g/mol. The van der Waals surface area contributed by atoms with Crippen molar-refractivity contribution in [3.63, 3.8) is 0 Å². The number of unbranched alkanes of at least 4 members (excludes halogenated alkanes) is 15. The van der Waals surface area contributed by atoms with Gasteiger partial charge in [-0.3, -0.25) is 4.79 Å². The van der Waals surface area contributed by atoms with Gasteiger partial charge < -0.3 is 0 Å². The molecule has 0 bridgehead atoms. The van der Waals surface area contributed by atoms with Crippen LogP contribution in [0.4, 0.5) is 0 Å². The molecule has 0 fully saturated rings. The third kappa shape index (κ3) is 14.1. The van der Waals surface area contributed by atoms with Gasteiger partial charge in [-0.1, -0.05) is 134 Å². The summed E-state index contributed by atoms with van der Waals surface area (Å²) in [7, 11) is 0. The second-order valence-electron chi connectivity index (χ2n) is 10.2. The summed E-state index contributed by atoms with van der Waals surface area (Å²) in [4.78, 5) is 13.6. The first kappa shape index (κ1) is 30.4. The highest BCUT2D eigenvalue weighted by Gasteiger charge is 2.02. The molecule has 36 heavy (non-hydrogen) atoms. The minimum atomic E-state index is 0.0610. The van der Waals surface area contributed by atoms with E-state index in [2.05, 4.69) is 31.2 Å². The molecule has 0 saturated carbocycles. The Balaban J connectivity index is 1.50. The molecule has 1 nitrogen and oxygen atoms in total. The minimum Gasteiger partial charge on any atom is -0.289 e. The van der Waals surface area contributed by atoms with E-state index in [1.54, 1.807) is 17.8 Å². The number of thioether (sulfide) groups is 1. The molecule has 0 unspecified atom stereocenters. The standard InChI is InChI=1S/C34H50OS/c1-3-4-5-6-7-8-9-10-11-12-13-14-15-16-17-18-20-30-21-19-22-31(29-30)23-28-34(35)32-24-26-33(36-2)27-25-32/h19,21-29H,3-18,20H2,1-2H3. The van der Waals surface area contributed by atoms with E-state index in [4.69, 9.17) is 0 Å². The lowest BCUT2D eigenvalue weighted by molar-refractivity contribution is 0.104. The van der Waals surface area contributed by atoms with Crippen molar-refractivity contribution in [1.82, 2.24) is 0 Å². The molecule has 0 aliphatic heterocycles. The Labute approximate surface area is 226 Å². The molecule has 0 aliphatic carbocycles. The number of carbonyl (C=O) groups excluding carboxylic acids is 1. The van der Waals surface area contributed by atoms with Crippen LogP contribution < -0.4 is 0 Å². The monoisotopic (exact) mass is 506 g/mol. The quantitative estimate of drug-likeness (QED) is 0.0724. The number of benzene rings is 2. The van der Waals surface area contributed by atoms with Crippen molar-refractivity contribution in [2.45, 2.75) is 121 Å². The van der Waals surface area contributed by atoms with Crippen LogP contribution in [-0.2, 0) is 6.42 Å². The highest BCUT2D eigenvalue weighted by Crippen LogP contribution is 2.17. The molecule has 198 valence electrons. The molecule has 2 heteroatoms. The van der Waals surface area contributed by atoms with E-state index in [9.17, 15) is 4.79 Å². The molecule has 0 aromatic heterocycles. The number of carbonyl (C=O) groups is 1. The third-order valence-corrected chi connectivity index (χ3v) is 7.82. The largest absolute Gasteiger partial charge is 0.289 e. The van der Waals surface area contributed by atoms with Crippen LogP contribution >= 0.6 is 11.8 Å². The summed E-state index contributed by atoms with van der Waals surface area (Å²) in [6, 6.07) is 16.5. The third-order valence-electron chi connectivity index (χ3n) is 7.07. The first-order chi connectivity index (χ1) is 17.7. The Hall–Kier alpha value is -1.80. The van der Waals surface area contributed by atoms with Crippen LogP contribution in [0.15, 0.2) is 59.5 Å². The van der Waals surface area contributed by atoms with E-state index in [0.717, 1.165) is 17.5 Å². The van der Waals surface area contributed by atoms with Crippen molar-refractivity contribution in [2.24, 2.45) is 0 Å². The van der Waals surface area contributed by atoms with Crippen molar-refractivity contribution >= 4 is 23.6 Å². The van der Waals surface area contributed by atoms with Crippen LogP contribution in [0.5, 0.6) is 0 Å². The second-order valence-corrected chi connectivity index (χ2v) is 11.1. The molecule has 2 rings (SSSR count). The van der Waals surface area contributed by atoms with Crippen LogP contribution in [0, 0.1) is 0 Å². The maximum absolute atomic E-state index is 12.4. The Morgan fingerprint density at radius 1 is 0.694 bits per heavy atom. The summed E-state index contributed by atoms with van der Waals surface area (Å²) in [5.74, 6) is 0.0610. The van der Waals surface area contributed by atoms with Crippen LogP contribution in [0.2, 0.25) is 0 Å². The van der Waals surface area contributed by atoms with Gasteiger partial charge in [-0.15, -0.1) is 11.8 Å². The predicted molar refractivity (Wildman–Crippen MR) is 161 cm³/mol. The maximum atomic E-state index is 12.4. The smallest absolute Gasteiger partial charge is 0.185 e. The lowest BCUT2D eigenvalue weighted by atomic mass is 10.0. The number of aryl methyl sites for hydroxylation is 1. The molecule has 0 atom stereocenters. The lowest BCUT2D eigenvalue weighted by Crippen LogP contribution is -1.93. The van der Waals surface area contributed by atoms with Gasteiger partial charge >= 0.3 is 0 Å². The summed E-state index contributed by atoms with van der Waals surface area (Å²) < 4.78 is 0. The fourth-order valence-electron chi connectivity index (χ4n) is 4.75. The molecule has 0 spiro atoms. The molecular weight excluding hydrogens is 456 g/mol. The number of ketones is 1. The fraction of sp³-hybridized carbons (Fsp3) is 0.559. The summed E-state index contributed by atoms with van der Waals surface area (Å²) in [5.41, 5.74) is 3.23. The Morgan fingerprint density at radius 3 is 1.75 bits per heavy atom. The van der Waals surface area contributed by atoms with Crippen molar-refractivity contribution in [1.29, 1.82) is 0 Å². The Kier molecular flexibility index (Phi) is 17.1. The molecule has 0 heterocycles. The summed E-state index contributed by atoms with van der Waals surface area (Å²) in [6.45, 7) is 2.29. The van der Waals surface area contributed by atoms with Gasteiger partial charge in [0, 0.05) is 10.5 Å². The van der Waals surface area contributed by atoms with Crippen LogP contribution in [0.25, 0.3) is 6.08 Å². The van der Waals surface area contributed by atoms with Gasteiger partial charge in [0.25, 0.3) is 0 Å². The van der Waals surface area contributed by atoms with Gasteiger partial charge in [-0.05, 0) is 60.6 Å². The Bertz CT molecular complexity index is 852. The van der Waals surface area contributed by atoms with Gasteiger partial charge in [0.15, 0.2) is 5.78 Å². The zero-order chi connectivity index (χ0) is 25.7. The summed E-state index contributed by atoms with van der Waals surface area (Å²) in [6.07, 6.45) is 29.3. The fourth-order valence-corrected chi connectivity index (χ4v) is 5.16. The zero-order valence-corrected chi connectivity index (χ0v) is 23.9. The molecule has 0 N–H and O–H groups in total. The molecule has 0 amide bonds. The number of rotatable bonds is 21. The highest BCUT2D eigenvalue weighted by atomic mass is 32.2. The van der Waals surface area contributed by atoms with Gasteiger partial charge in [0.1, 0.15) is 0 Å². The molecule has 2 aromatic carbocycles. The minimum absolute atomic E-state index is 0.0610. The summed E-state index contributed by atoms with van der Waals surface area (Å²) in [5, 5.41) is 0. The molecule has 0 saturated heterocycles. The average Bonchev–Trinajstić information content (AvgIpc) is 2.91. The van der Waals surface area contributed by atoms with Crippen LogP contribution in [-0.4, -0.2) is 12.0 Å². The van der Waals surface area contributed by atoms with Crippen molar-refractivity contribution in [3.8, 4) is 0 Å². The van der Waals surface area contributed by atoms with Gasteiger partial charge in [0.2, 0.25) is 0 Å². The molecular formula is C34H50OS. The van der Waals surface area contributed by atoms with E-state index >= 15 is 0 Å². The molecule has 0 radical (unpaired) electrons. The molecule has 2 aromatic rings.